The molecule has 1 aromatic heterocycles. The summed E-state index contributed by atoms with van der Waals surface area (Å²) < 4.78 is 0. The zero-order valence-corrected chi connectivity index (χ0v) is 14.4. The third-order valence-electron chi connectivity index (χ3n) is 3.64. The summed E-state index contributed by atoms with van der Waals surface area (Å²) in [6, 6.07) is 7.10. The van der Waals surface area contributed by atoms with Crippen molar-refractivity contribution >= 4 is 29.0 Å². The van der Waals surface area contributed by atoms with Gasteiger partial charge in [0.15, 0.2) is 0 Å². The lowest BCUT2D eigenvalue weighted by atomic mass is 10.2. The van der Waals surface area contributed by atoms with E-state index in [4.69, 9.17) is 11.6 Å². The standard InChI is InChI=1S/C17H21ClN4O/c1-4-5-9-22(3)16-10-15(19-11-20-16)17(23)21-14-8-6-7-13(18)12(14)2/h6-8,10-11H,4-5,9H2,1-3H3,(H,21,23). The Kier molecular flexibility index (Phi) is 5.93. The maximum Gasteiger partial charge on any atom is 0.274 e. The lowest BCUT2D eigenvalue weighted by molar-refractivity contribution is 0.102. The minimum absolute atomic E-state index is 0.275. The largest absolute Gasteiger partial charge is 0.360 e. The first-order valence-electron chi connectivity index (χ1n) is 7.62. The van der Waals surface area contributed by atoms with Crippen LogP contribution in [0.4, 0.5) is 11.5 Å². The predicted molar refractivity (Wildman–Crippen MR) is 94.4 cm³/mol. The highest BCUT2D eigenvalue weighted by Gasteiger charge is 2.12. The van der Waals surface area contributed by atoms with Crippen LogP contribution in [0.15, 0.2) is 30.6 Å². The fraction of sp³-hybridized carbons (Fsp3) is 0.353. The van der Waals surface area contributed by atoms with Crippen LogP contribution in [0.25, 0.3) is 0 Å². The molecular formula is C17H21ClN4O. The van der Waals surface area contributed by atoms with E-state index >= 15 is 0 Å². The molecule has 1 N–H and O–H groups in total. The van der Waals surface area contributed by atoms with E-state index < -0.39 is 0 Å². The molecule has 2 aromatic rings. The number of unbranched alkanes of at least 4 members (excludes halogenated alkanes) is 1. The van der Waals surface area contributed by atoms with Gasteiger partial charge in [0.1, 0.15) is 17.8 Å². The first-order valence-corrected chi connectivity index (χ1v) is 8.00. The van der Waals surface area contributed by atoms with E-state index in [1.54, 1.807) is 18.2 Å². The van der Waals surface area contributed by atoms with Crippen molar-refractivity contribution in [3.63, 3.8) is 0 Å². The highest BCUT2D eigenvalue weighted by atomic mass is 35.5. The van der Waals surface area contributed by atoms with E-state index in [2.05, 4.69) is 22.2 Å². The number of anilines is 2. The SMILES string of the molecule is CCCCN(C)c1cc(C(=O)Nc2cccc(Cl)c2C)ncn1. The Bertz CT molecular complexity index is 690. The van der Waals surface area contributed by atoms with E-state index in [1.807, 2.05) is 24.9 Å². The zero-order valence-electron chi connectivity index (χ0n) is 13.6. The van der Waals surface area contributed by atoms with Crippen LogP contribution in [0.3, 0.4) is 0 Å². The van der Waals surface area contributed by atoms with Crippen molar-refractivity contribution < 1.29 is 4.79 Å². The smallest absolute Gasteiger partial charge is 0.274 e. The number of hydrogen-bond acceptors (Lipinski definition) is 4. The fourth-order valence-corrected chi connectivity index (χ4v) is 2.29. The topological polar surface area (TPSA) is 58.1 Å². The molecule has 0 unspecified atom stereocenters. The molecule has 0 aliphatic heterocycles. The van der Waals surface area contributed by atoms with Gasteiger partial charge in [0.2, 0.25) is 0 Å². The molecule has 6 heteroatoms. The van der Waals surface area contributed by atoms with Crippen molar-refractivity contribution in [1.82, 2.24) is 9.97 Å². The second-order valence-electron chi connectivity index (χ2n) is 5.40. The van der Waals surface area contributed by atoms with Gasteiger partial charge in [-0.05, 0) is 31.0 Å². The first kappa shape index (κ1) is 17.2. The minimum atomic E-state index is -0.275. The molecule has 0 radical (unpaired) electrons. The van der Waals surface area contributed by atoms with E-state index in [9.17, 15) is 4.79 Å². The summed E-state index contributed by atoms with van der Waals surface area (Å²) in [7, 11) is 1.96. The third-order valence-corrected chi connectivity index (χ3v) is 4.05. The molecule has 122 valence electrons. The summed E-state index contributed by atoms with van der Waals surface area (Å²) >= 11 is 6.07. The summed E-state index contributed by atoms with van der Waals surface area (Å²) in [5.74, 6) is 0.462. The van der Waals surface area contributed by atoms with Gasteiger partial charge in [-0.25, -0.2) is 9.97 Å². The molecular weight excluding hydrogens is 312 g/mol. The molecule has 0 saturated carbocycles. The van der Waals surface area contributed by atoms with E-state index in [-0.39, 0.29) is 5.91 Å². The number of halogens is 1. The van der Waals surface area contributed by atoms with E-state index in [0.29, 0.717) is 16.4 Å². The maximum atomic E-state index is 12.4. The van der Waals surface area contributed by atoms with Crippen molar-refractivity contribution in [2.45, 2.75) is 26.7 Å². The average molecular weight is 333 g/mol. The van der Waals surface area contributed by atoms with Crippen LogP contribution in [0.1, 0.15) is 35.8 Å². The molecule has 0 aliphatic carbocycles. The van der Waals surface area contributed by atoms with Crippen LogP contribution in [0.5, 0.6) is 0 Å². The van der Waals surface area contributed by atoms with Gasteiger partial charge in [0, 0.05) is 30.4 Å². The van der Waals surface area contributed by atoms with Gasteiger partial charge in [-0.15, -0.1) is 0 Å². The highest BCUT2D eigenvalue weighted by Crippen LogP contribution is 2.23. The predicted octanol–water partition coefficient (Wildman–Crippen LogP) is 3.93. The van der Waals surface area contributed by atoms with Gasteiger partial charge >= 0.3 is 0 Å². The number of nitrogens with one attached hydrogen (secondary N) is 1. The van der Waals surface area contributed by atoms with Crippen LogP contribution in [-0.4, -0.2) is 29.5 Å². The summed E-state index contributed by atoms with van der Waals surface area (Å²) in [4.78, 5) is 22.7. The normalized spacial score (nSPS) is 10.4. The number of amides is 1. The summed E-state index contributed by atoms with van der Waals surface area (Å²) in [6.07, 6.45) is 3.60. The number of hydrogen-bond donors (Lipinski definition) is 1. The molecule has 2 rings (SSSR count). The number of carbonyl (C=O) groups excluding carboxylic acids is 1. The third kappa shape index (κ3) is 4.42. The number of rotatable bonds is 6. The highest BCUT2D eigenvalue weighted by molar-refractivity contribution is 6.31. The van der Waals surface area contributed by atoms with Crippen molar-refractivity contribution in [2.24, 2.45) is 0 Å². The van der Waals surface area contributed by atoms with Gasteiger partial charge in [0.25, 0.3) is 5.91 Å². The van der Waals surface area contributed by atoms with Crippen LogP contribution < -0.4 is 10.2 Å². The van der Waals surface area contributed by atoms with E-state index in [0.717, 1.165) is 30.8 Å². The van der Waals surface area contributed by atoms with Crippen molar-refractivity contribution in [3.05, 3.63) is 46.9 Å². The molecule has 0 atom stereocenters. The Morgan fingerprint density at radius 1 is 1.35 bits per heavy atom. The molecule has 0 bridgehead atoms. The Morgan fingerprint density at radius 3 is 2.87 bits per heavy atom. The molecule has 1 amide bonds. The monoisotopic (exact) mass is 332 g/mol. The molecule has 0 spiro atoms. The zero-order chi connectivity index (χ0) is 16.8. The van der Waals surface area contributed by atoms with Crippen molar-refractivity contribution in [1.29, 1.82) is 0 Å². The Labute approximate surface area is 141 Å². The van der Waals surface area contributed by atoms with E-state index in [1.165, 1.54) is 6.33 Å². The van der Waals surface area contributed by atoms with Crippen LogP contribution in [0, 0.1) is 6.92 Å². The molecule has 23 heavy (non-hydrogen) atoms. The summed E-state index contributed by atoms with van der Waals surface area (Å²) in [6.45, 7) is 4.89. The van der Waals surface area contributed by atoms with Crippen molar-refractivity contribution in [2.75, 3.05) is 23.8 Å². The first-order chi connectivity index (χ1) is 11.0. The second kappa shape index (κ2) is 7.92. The summed E-state index contributed by atoms with van der Waals surface area (Å²) in [5.41, 5.74) is 1.84. The number of benzene rings is 1. The Hall–Kier alpha value is -2.14. The van der Waals surface area contributed by atoms with Crippen molar-refractivity contribution in [3.8, 4) is 0 Å². The van der Waals surface area contributed by atoms with Crippen LogP contribution in [-0.2, 0) is 0 Å². The lowest BCUT2D eigenvalue weighted by Gasteiger charge is -2.17. The maximum absolute atomic E-state index is 12.4. The number of nitrogens with zero attached hydrogens (tertiary/aromatic N) is 3. The molecule has 1 aromatic carbocycles. The second-order valence-corrected chi connectivity index (χ2v) is 5.81. The van der Waals surface area contributed by atoms with Crippen LogP contribution >= 0.6 is 11.6 Å². The molecule has 0 saturated heterocycles. The number of aromatic nitrogens is 2. The fourth-order valence-electron chi connectivity index (χ4n) is 2.12. The lowest BCUT2D eigenvalue weighted by Crippen LogP contribution is -2.21. The molecule has 0 fully saturated rings. The van der Waals surface area contributed by atoms with Crippen LogP contribution in [0.2, 0.25) is 5.02 Å². The molecule has 0 aliphatic rings. The Balaban J connectivity index is 2.15. The minimum Gasteiger partial charge on any atom is -0.360 e. The van der Waals surface area contributed by atoms with Gasteiger partial charge in [-0.3, -0.25) is 4.79 Å². The quantitative estimate of drug-likeness (QED) is 0.870. The van der Waals surface area contributed by atoms with Gasteiger partial charge in [0.05, 0.1) is 0 Å². The Morgan fingerprint density at radius 2 is 2.13 bits per heavy atom. The van der Waals surface area contributed by atoms with Gasteiger partial charge in [-0.1, -0.05) is 31.0 Å². The molecule has 5 nitrogen and oxygen atoms in total. The summed E-state index contributed by atoms with van der Waals surface area (Å²) in [5, 5.41) is 3.46. The van der Waals surface area contributed by atoms with Gasteiger partial charge in [-0.2, -0.15) is 0 Å². The van der Waals surface area contributed by atoms with Gasteiger partial charge < -0.3 is 10.2 Å². The average Bonchev–Trinajstić information content (AvgIpc) is 2.57. The number of carbonyl (C=O) groups is 1. The molecule has 1 heterocycles.